The van der Waals surface area contributed by atoms with E-state index in [1.165, 1.54) is 0 Å². The van der Waals surface area contributed by atoms with Crippen LogP contribution in [-0.2, 0) is 14.4 Å². The molecule has 84 valence electrons. The number of nitrogens with two attached hydrogens (primary N) is 1. The van der Waals surface area contributed by atoms with E-state index in [0.717, 1.165) is 11.6 Å². The summed E-state index contributed by atoms with van der Waals surface area (Å²) in [6, 6.07) is -1.16. The number of amides is 2. The Hall–Kier alpha value is -1.31. The molecule has 0 spiro atoms. The van der Waals surface area contributed by atoms with E-state index in [2.05, 4.69) is 5.32 Å². The van der Waals surface area contributed by atoms with Gasteiger partial charge in [-0.1, -0.05) is 0 Å². The number of nitrogens with one attached hydrogen (secondary N) is 2. The standard InChI is InChI=1S/C8H14N4O3/c1-10-3-2-4-12(9)5-6(13)8(15)11-7(5)14/h5,10H,2-4,9H2,1H3,(H,11,14,15). The molecule has 0 aliphatic carbocycles. The van der Waals surface area contributed by atoms with E-state index in [4.69, 9.17) is 5.84 Å². The minimum absolute atomic E-state index is 0.373. The Labute approximate surface area is 86.9 Å². The molecule has 1 unspecified atom stereocenters. The summed E-state index contributed by atoms with van der Waals surface area (Å²) in [4.78, 5) is 33.3. The number of hydrogen-bond donors (Lipinski definition) is 3. The van der Waals surface area contributed by atoms with Crippen LogP contribution >= 0.6 is 0 Å². The second-order valence-electron chi connectivity index (χ2n) is 3.28. The van der Waals surface area contributed by atoms with Crippen molar-refractivity contribution in [1.82, 2.24) is 15.6 Å². The molecular weight excluding hydrogens is 200 g/mol. The molecule has 1 aliphatic rings. The third-order valence-corrected chi connectivity index (χ3v) is 2.13. The average Bonchev–Trinajstić information content (AvgIpc) is 2.41. The first kappa shape index (κ1) is 11.8. The van der Waals surface area contributed by atoms with Crippen molar-refractivity contribution in [3.8, 4) is 0 Å². The van der Waals surface area contributed by atoms with Crippen molar-refractivity contribution in [3.63, 3.8) is 0 Å². The summed E-state index contributed by atoms with van der Waals surface area (Å²) in [6.45, 7) is 1.10. The molecule has 1 saturated heterocycles. The fraction of sp³-hybridized carbons (Fsp3) is 0.625. The number of carbonyl (C=O) groups excluding carboxylic acids is 3. The highest BCUT2D eigenvalue weighted by molar-refractivity contribution is 6.49. The predicted octanol–water partition coefficient (Wildman–Crippen LogP) is -2.63. The SMILES string of the molecule is CNCCCN(N)C1C(=O)NC(=O)C1=O. The summed E-state index contributed by atoms with van der Waals surface area (Å²) in [7, 11) is 1.79. The summed E-state index contributed by atoms with van der Waals surface area (Å²) < 4.78 is 0. The summed E-state index contributed by atoms with van der Waals surface area (Å²) in [5.74, 6) is 3.23. The van der Waals surface area contributed by atoms with Gasteiger partial charge in [0.15, 0.2) is 6.04 Å². The van der Waals surface area contributed by atoms with Crippen molar-refractivity contribution in [2.75, 3.05) is 20.1 Å². The first-order chi connectivity index (χ1) is 7.07. The van der Waals surface area contributed by atoms with Crippen molar-refractivity contribution < 1.29 is 14.4 Å². The number of nitrogens with zero attached hydrogens (tertiary/aromatic N) is 1. The van der Waals surface area contributed by atoms with Gasteiger partial charge in [-0.2, -0.15) is 0 Å². The van der Waals surface area contributed by atoms with E-state index in [9.17, 15) is 14.4 Å². The van der Waals surface area contributed by atoms with E-state index in [-0.39, 0.29) is 0 Å². The lowest BCUT2D eigenvalue weighted by Crippen LogP contribution is -2.49. The molecule has 0 bridgehead atoms. The van der Waals surface area contributed by atoms with Crippen LogP contribution in [0.15, 0.2) is 0 Å². The van der Waals surface area contributed by atoms with Crippen LogP contribution in [0.5, 0.6) is 0 Å². The first-order valence-corrected chi connectivity index (χ1v) is 4.63. The molecule has 1 fully saturated rings. The molecule has 0 aromatic rings. The second kappa shape index (κ2) is 4.96. The highest BCUT2D eigenvalue weighted by Crippen LogP contribution is 2.03. The van der Waals surface area contributed by atoms with Crippen LogP contribution < -0.4 is 16.5 Å². The van der Waals surface area contributed by atoms with Gasteiger partial charge in [-0.25, -0.2) is 5.01 Å². The smallest absolute Gasteiger partial charge is 0.296 e. The molecule has 4 N–H and O–H groups in total. The largest absolute Gasteiger partial charge is 0.320 e. The topological polar surface area (TPSA) is 105 Å². The molecule has 0 radical (unpaired) electrons. The van der Waals surface area contributed by atoms with Gasteiger partial charge in [-0.15, -0.1) is 0 Å². The Morgan fingerprint density at radius 1 is 1.47 bits per heavy atom. The van der Waals surface area contributed by atoms with Crippen LogP contribution in [-0.4, -0.2) is 48.8 Å². The highest BCUT2D eigenvalue weighted by atomic mass is 16.2. The van der Waals surface area contributed by atoms with Crippen molar-refractivity contribution in [1.29, 1.82) is 0 Å². The summed E-state index contributed by atoms with van der Waals surface area (Å²) >= 11 is 0. The van der Waals surface area contributed by atoms with Crippen LogP contribution in [0.2, 0.25) is 0 Å². The van der Waals surface area contributed by atoms with E-state index in [0.29, 0.717) is 13.0 Å². The summed E-state index contributed by atoms with van der Waals surface area (Å²) in [6.07, 6.45) is 0.693. The van der Waals surface area contributed by atoms with Gasteiger partial charge in [-0.3, -0.25) is 25.5 Å². The maximum atomic E-state index is 11.2. The molecule has 15 heavy (non-hydrogen) atoms. The molecule has 1 aliphatic heterocycles. The van der Waals surface area contributed by atoms with Crippen LogP contribution in [0.1, 0.15) is 6.42 Å². The number of ketones is 1. The number of imide groups is 1. The van der Waals surface area contributed by atoms with Gasteiger partial charge in [0.05, 0.1) is 0 Å². The Morgan fingerprint density at radius 2 is 2.13 bits per heavy atom. The van der Waals surface area contributed by atoms with E-state index >= 15 is 0 Å². The predicted molar refractivity (Wildman–Crippen MR) is 51.4 cm³/mol. The third-order valence-electron chi connectivity index (χ3n) is 2.13. The minimum Gasteiger partial charge on any atom is -0.320 e. The van der Waals surface area contributed by atoms with Crippen LogP contribution in [0.25, 0.3) is 0 Å². The lowest BCUT2D eigenvalue weighted by molar-refractivity contribution is -0.137. The Bertz CT molecular complexity index is 292. The van der Waals surface area contributed by atoms with E-state index < -0.39 is 23.6 Å². The molecule has 1 heterocycles. The van der Waals surface area contributed by atoms with Gasteiger partial charge in [0.1, 0.15) is 0 Å². The number of carbonyl (C=O) groups is 3. The van der Waals surface area contributed by atoms with Crippen LogP contribution in [0.4, 0.5) is 0 Å². The fourth-order valence-corrected chi connectivity index (χ4v) is 1.35. The molecule has 0 saturated carbocycles. The quantitative estimate of drug-likeness (QED) is 0.115. The number of Topliss-reactive ketones (excluding diaryl/α,β-unsaturated/α-hetero) is 1. The average molecular weight is 214 g/mol. The zero-order valence-corrected chi connectivity index (χ0v) is 8.45. The molecule has 0 aromatic carbocycles. The zero-order chi connectivity index (χ0) is 11.4. The zero-order valence-electron chi connectivity index (χ0n) is 8.45. The number of rotatable bonds is 5. The van der Waals surface area contributed by atoms with E-state index in [1.807, 2.05) is 5.32 Å². The molecule has 2 amide bonds. The van der Waals surface area contributed by atoms with Gasteiger partial charge in [-0.05, 0) is 20.0 Å². The van der Waals surface area contributed by atoms with Gasteiger partial charge < -0.3 is 5.32 Å². The van der Waals surface area contributed by atoms with E-state index in [1.54, 1.807) is 7.05 Å². The van der Waals surface area contributed by atoms with Crippen molar-refractivity contribution in [3.05, 3.63) is 0 Å². The van der Waals surface area contributed by atoms with Gasteiger partial charge >= 0.3 is 0 Å². The van der Waals surface area contributed by atoms with Crippen molar-refractivity contribution in [2.45, 2.75) is 12.5 Å². The number of hydrazine groups is 1. The van der Waals surface area contributed by atoms with Gasteiger partial charge in [0.2, 0.25) is 5.78 Å². The van der Waals surface area contributed by atoms with Crippen LogP contribution in [0.3, 0.4) is 0 Å². The van der Waals surface area contributed by atoms with Gasteiger partial charge in [0.25, 0.3) is 11.8 Å². The molecule has 1 rings (SSSR count). The second-order valence-corrected chi connectivity index (χ2v) is 3.28. The minimum atomic E-state index is -1.16. The molecule has 0 aromatic heterocycles. The number of hydrogen-bond acceptors (Lipinski definition) is 6. The molecule has 7 nitrogen and oxygen atoms in total. The highest BCUT2D eigenvalue weighted by Gasteiger charge is 2.42. The lowest BCUT2D eigenvalue weighted by Gasteiger charge is -2.19. The Kier molecular flexibility index (Phi) is 3.89. The Morgan fingerprint density at radius 3 is 2.60 bits per heavy atom. The third kappa shape index (κ3) is 2.58. The molecule has 7 heteroatoms. The molecule has 1 atom stereocenters. The van der Waals surface area contributed by atoms with Crippen LogP contribution in [0, 0.1) is 0 Å². The fourth-order valence-electron chi connectivity index (χ4n) is 1.35. The Balaban J connectivity index is 2.51. The van der Waals surface area contributed by atoms with Crippen molar-refractivity contribution >= 4 is 17.6 Å². The lowest BCUT2D eigenvalue weighted by atomic mass is 10.2. The van der Waals surface area contributed by atoms with Crippen molar-refractivity contribution in [2.24, 2.45) is 5.84 Å². The van der Waals surface area contributed by atoms with Gasteiger partial charge in [0, 0.05) is 6.54 Å². The maximum Gasteiger partial charge on any atom is 0.296 e. The molecular formula is C8H14N4O3. The normalized spacial score (nSPS) is 21.3. The monoisotopic (exact) mass is 214 g/mol. The summed E-state index contributed by atoms with van der Waals surface area (Å²) in [5, 5.41) is 5.93. The summed E-state index contributed by atoms with van der Waals surface area (Å²) in [5.41, 5.74) is 0. The first-order valence-electron chi connectivity index (χ1n) is 4.63. The maximum absolute atomic E-state index is 11.2.